The van der Waals surface area contributed by atoms with Gasteiger partial charge in [-0.3, -0.25) is 0 Å². The molecule has 0 saturated heterocycles. The van der Waals surface area contributed by atoms with Crippen LogP contribution in [0.4, 0.5) is 13.2 Å². The summed E-state index contributed by atoms with van der Waals surface area (Å²) in [6.45, 7) is 3.05. The van der Waals surface area contributed by atoms with Crippen LogP contribution < -0.4 is 5.73 Å². The third kappa shape index (κ3) is 2.74. The molecule has 1 rings (SSSR count). The summed E-state index contributed by atoms with van der Waals surface area (Å²) in [6, 6.07) is -0.907. The highest BCUT2D eigenvalue weighted by molar-refractivity contribution is 5.12. The van der Waals surface area contributed by atoms with E-state index in [1.807, 2.05) is 0 Å². The topological polar surface area (TPSA) is 26.0 Å². The minimum absolute atomic E-state index is 0.0297. The van der Waals surface area contributed by atoms with Gasteiger partial charge in [-0.05, 0) is 18.8 Å². The zero-order chi connectivity index (χ0) is 10.8. The first-order valence-electron chi connectivity index (χ1n) is 4.94. The third-order valence-electron chi connectivity index (χ3n) is 2.92. The summed E-state index contributed by atoms with van der Waals surface area (Å²) in [5, 5.41) is 0. The van der Waals surface area contributed by atoms with Gasteiger partial charge in [-0.15, -0.1) is 0 Å². The van der Waals surface area contributed by atoms with Gasteiger partial charge in [0.2, 0.25) is 0 Å². The van der Waals surface area contributed by atoms with Gasteiger partial charge in [0.1, 0.15) is 0 Å². The smallest absolute Gasteiger partial charge is 0.324 e. The average Bonchev–Trinajstić information content (AvgIpc) is 2.15. The van der Waals surface area contributed by atoms with Crippen LogP contribution in [0.25, 0.3) is 0 Å². The van der Waals surface area contributed by atoms with E-state index in [1.54, 1.807) is 0 Å². The minimum atomic E-state index is -4.34. The molecule has 0 aromatic heterocycles. The lowest BCUT2D eigenvalue weighted by molar-refractivity contribution is -0.0971. The molecule has 0 aromatic rings. The van der Waals surface area contributed by atoms with Gasteiger partial charge in [0.25, 0.3) is 0 Å². The number of hydrogen-bond acceptors (Lipinski definition) is 1. The van der Waals surface area contributed by atoms with Crippen LogP contribution >= 0.6 is 0 Å². The fraction of sp³-hybridized carbons (Fsp3) is 0.800. The van der Waals surface area contributed by atoms with Crippen molar-refractivity contribution in [2.75, 3.05) is 0 Å². The van der Waals surface area contributed by atoms with Crippen molar-refractivity contribution in [3.63, 3.8) is 0 Å². The molecule has 1 fully saturated rings. The molecular weight excluding hydrogens is 191 g/mol. The van der Waals surface area contributed by atoms with E-state index in [1.165, 1.54) is 0 Å². The Hall–Kier alpha value is -0.510. The molecule has 1 saturated carbocycles. The molecule has 1 atom stereocenters. The van der Waals surface area contributed by atoms with Gasteiger partial charge in [-0.25, -0.2) is 0 Å². The van der Waals surface area contributed by atoms with Crippen molar-refractivity contribution in [1.29, 1.82) is 0 Å². The molecule has 0 bridgehead atoms. The predicted octanol–water partition coefficient (Wildman–Crippen LogP) is 3.01. The molecule has 0 aliphatic heterocycles. The normalized spacial score (nSPS) is 22.0. The van der Waals surface area contributed by atoms with Gasteiger partial charge in [0, 0.05) is 11.6 Å². The Balaban J connectivity index is 2.55. The van der Waals surface area contributed by atoms with Crippen molar-refractivity contribution in [1.82, 2.24) is 0 Å². The molecule has 1 nitrogen and oxygen atoms in total. The van der Waals surface area contributed by atoms with Crippen LogP contribution in [0, 0.1) is 5.92 Å². The van der Waals surface area contributed by atoms with Crippen LogP contribution in [-0.4, -0.2) is 12.2 Å². The van der Waals surface area contributed by atoms with Crippen LogP contribution in [0.5, 0.6) is 0 Å². The largest absolute Gasteiger partial charge is 0.413 e. The zero-order valence-electron chi connectivity index (χ0n) is 8.11. The number of nitrogens with two attached hydrogens (primary N) is 1. The second-order valence-electron chi connectivity index (χ2n) is 3.95. The number of hydrogen-bond donors (Lipinski definition) is 1. The van der Waals surface area contributed by atoms with E-state index in [9.17, 15) is 13.2 Å². The fourth-order valence-electron chi connectivity index (χ4n) is 1.97. The maximum absolute atomic E-state index is 12.3. The van der Waals surface area contributed by atoms with Crippen LogP contribution in [0.15, 0.2) is 12.2 Å². The van der Waals surface area contributed by atoms with Gasteiger partial charge in [0.15, 0.2) is 0 Å². The lowest BCUT2D eigenvalue weighted by Gasteiger charge is -2.29. The Bertz CT molecular complexity index is 204. The lowest BCUT2D eigenvalue weighted by atomic mass is 9.81. The Morgan fingerprint density at radius 2 is 1.71 bits per heavy atom. The van der Waals surface area contributed by atoms with E-state index in [2.05, 4.69) is 6.58 Å². The summed E-state index contributed by atoms with van der Waals surface area (Å²) in [4.78, 5) is 0. The van der Waals surface area contributed by atoms with Crippen molar-refractivity contribution in [2.45, 2.75) is 44.3 Å². The van der Waals surface area contributed by atoms with Crippen LogP contribution in [0.3, 0.4) is 0 Å². The second-order valence-corrected chi connectivity index (χ2v) is 3.95. The highest BCUT2D eigenvalue weighted by atomic mass is 19.4. The minimum Gasteiger partial charge on any atom is -0.324 e. The first-order valence-corrected chi connectivity index (χ1v) is 4.94. The summed E-state index contributed by atoms with van der Waals surface area (Å²) >= 11 is 0. The quantitative estimate of drug-likeness (QED) is 0.692. The highest BCUT2D eigenvalue weighted by Crippen LogP contribution is 2.34. The molecule has 82 valence electrons. The van der Waals surface area contributed by atoms with E-state index in [0.29, 0.717) is 0 Å². The fourth-order valence-corrected chi connectivity index (χ4v) is 1.97. The summed E-state index contributed by atoms with van der Waals surface area (Å²) in [7, 11) is 0. The van der Waals surface area contributed by atoms with Gasteiger partial charge in [-0.1, -0.05) is 25.8 Å². The lowest BCUT2D eigenvalue weighted by Crippen LogP contribution is -2.38. The van der Waals surface area contributed by atoms with Crippen molar-refractivity contribution in [3.05, 3.63) is 12.2 Å². The molecular formula is C10H16F3N. The molecule has 1 aliphatic rings. The average molecular weight is 207 g/mol. The van der Waals surface area contributed by atoms with E-state index in [4.69, 9.17) is 5.73 Å². The molecule has 2 N–H and O–H groups in total. The Morgan fingerprint density at radius 1 is 1.21 bits per heavy atom. The van der Waals surface area contributed by atoms with Crippen molar-refractivity contribution in [2.24, 2.45) is 11.7 Å². The monoisotopic (exact) mass is 207 g/mol. The zero-order valence-corrected chi connectivity index (χ0v) is 8.11. The van der Waals surface area contributed by atoms with E-state index >= 15 is 0 Å². The van der Waals surface area contributed by atoms with E-state index in [-0.39, 0.29) is 5.92 Å². The van der Waals surface area contributed by atoms with Crippen LogP contribution in [0.2, 0.25) is 0 Å². The maximum atomic E-state index is 12.3. The van der Waals surface area contributed by atoms with Gasteiger partial charge in [-0.2, -0.15) is 13.2 Å². The van der Waals surface area contributed by atoms with Crippen molar-refractivity contribution in [3.8, 4) is 0 Å². The van der Waals surface area contributed by atoms with Crippen molar-refractivity contribution >= 4 is 0 Å². The third-order valence-corrected chi connectivity index (χ3v) is 2.92. The van der Waals surface area contributed by atoms with Gasteiger partial charge >= 0.3 is 6.18 Å². The SMILES string of the molecule is C=C(C(N)C1CCCCC1)C(F)(F)F. The molecule has 1 aliphatic carbocycles. The van der Waals surface area contributed by atoms with E-state index in [0.717, 1.165) is 32.1 Å². The molecule has 0 aromatic carbocycles. The maximum Gasteiger partial charge on any atom is 0.413 e. The van der Waals surface area contributed by atoms with E-state index < -0.39 is 17.8 Å². The highest BCUT2D eigenvalue weighted by Gasteiger charge is 2.38. The predicted molar refractivity (Wildman–Crippen MR) is 49.7 cm³/mol. The first kappa shape index (κ1) is 11.6. The molecule has 0 radical (unpaired) electrons. The van der Waals surface area contributed by atoms with Crippen LogP contribution in [0.1, 0.15) is 32.1 Å². The standard InChI is InChI=1S/C10H16F3N/c1-7(10(11,12)13)9(14)8-5-3-2-4-6-8/h8-9H,1-6,14H2. The first-order chi connectivity index (χ1) is 6.43. The summed E-state index contributed by atoms with van der Waals surface area (Å²) in [6.07, 6.45) is 0.359. The Labute approximate surface area is 82.2 Å². The molecule has 1 unspecified atom stereocenters. The molecule has 4 heteroatoms. The summed E-state index contributed by atoms with van der Waals surface area (Å²) < 4.78 is 36.8. The summed E-state index contributed by atoms with van der Waals surface area (Å²) in [5.74, 6) is -0.0297. The molecule has 0 amide bonds. The van der Waals surface area contributed by atoms with Crippen LogP contribution in [-0.2, 0) is 0 Å². The van der Waals surface area contributed by atoms with Crippen molar-refractivity contribution < 1.29 is 13.2 Å². The molecule has 0 heterocycles. The number of rotatable bonds is 2. The van der Waals surface area contributed by atoms with Gasteiger partial charge < -0.3 is 5.73 Å². The molecule has 0 spiro atoms. The number of halogens is 3. The molecule has 14 heavy (non-hydrogen) atoms. The summed E-state index contributed by atoms with van der Waals surface area (Å²) in [5.41, 5.74) is 4.78. The Kier molecular flexibility index (Phi) is 3.59. The number of alkyl halides is 3. The Morgan fingerprint density at radius 3 is 2.14 bits per heavy atom. The second kappa shape index (κ2) is 4.34. The van der Waals surface area contributed by atoms with Gasteiger partial charge in [0.05, 0.1) is 0 Å².